The molecular weight excluding hydrogens is 162 g/mol. The standard InChI is InChI=1S/C11H21NO/c13-11-3-1-9(2-4-11)7-10-5-6-12-8-10/h9-13H,1-8H2. The molecule has 1 aliphatic heterocycles. The first-order chi connectivity index (χ1) is 6.34. The van der Waals surface area contributed by atoms with Crippen molar-refractivity contribution in [2.75, 3.05) is 13.1 Å². The molecule has 0 amide bonds. The number of aliphatic hydroxyl groups is 1. The van der Waals surface area contributed by atoms with E-state index in [2.05, 4.69) is 5.32 Å². The summed E-state index contributed by atoms with van der Waals surface area (Å²) >= 11 is 0. The molecule has 1 saturated carbocycles. The summed E-state index contributed by atoms with van der Waals surface area (Å²) < 4.78 is 0. The second-order valence-electron chi connectivity index (χ2n) is 4.77. The molecule has 0 radical (unpaired) electrons. The van der Waals surface area contributed by atoms with Crippen molar-refractivity contribution in [1.82, 2.24) is 5.32 Å². The quantitative estimate of drug-likeness (QED) is 0.680. The van der Waals surface area contributed by atoms with Crippen molar-refractivity contribution >= 4 is 0 Å². The van der Waals surface area contributed by atoms with Crippen LogP contribution in [0.3, 0.4) is 0 Å². The third-order valence-corrected chi connectivity index (χ3v) is 3.65. The van der Waals surface area contributed by atoms with E-state index in [1.807, 2.05) is 0 Å². The SMILES string of the molecule is OC1CCC(CC2CCNC2)CC1. The monoisotopic (exact) mass is 183 g/mol. The van der Waals surface area contributed by atoms with Crippen LogP contribution in [0.4, 0.5) is 0 Å². The Balaban J connectivity index is 1.69. The maximum Gasteiger partial charge on any atom is 0.0540 e. The van der Waals surface area contributed by atoms with E-state index in [0.717, 1.165) is 24.7 Å². The van der Waals surface area contributed by atoms with Gasteiger partial charge in [0.2, 0.25) is 0 Å². The third kappa shape index (κ3) is 2.68. The Hall–Kier alpha value is -0.0800. The van der Waals surface area contributed by atoms with Gasteiger partial charge in [0.25, 0.3) is 0 Å². The van der Waals surface area contributed by atoms with E-state index in [-0.39, 0.29) is 6.10 Å². The number of aliphatic hydroxyl groups excluding tert-OH is 1. The molecule has 0 aromatic heterocycles. The maximum absolute atomic E-state index is 9.38. The van der Waals surface area contributed by atoms with Crippen molar-refractivity contribution < 1.29 is 5.11 Å². The van der Waals surface area contributed by atoms with Gasteiger partial charge in [-0.3, -0.25) is 0 Å². The summed E-state index contributed by atoms with van der Waals surface area (Å²) in [6.07, 6.45) is 7.40. The average molecular weight is 183 g/mol. The summed E-state index contributed by atoms with van der Waals surface area (Å²) in [5.74, 6) is 1.84. The molecule has 0 aromatic carbocycles. The molecule has 2 heteroatoms. The first-order valence-corrected chi connectivity index (χ1v) is 5.73. The highest BCUT2D eigenvalue weighted by atomic mass is 16.3. The van der Waals surface area contributed by atoms with E-state index in [0.29, 0.717) is 0 Å². The topological polar surface area (TPSA) is 32.3 Å². The third-order valence-electron chi connectivity index (χ3n) is 3.65. The van der Waals surface area contributed by atoms with Crippen LogP contribution in [0.1, 0.15) is 38.5 Å². The zero-order valence-electron chi connectivity index (χ0n) is 8.34. The predicted molar refractivity (Wildman–Crippen MR) is 53.6 cm³/mol. The van der Waals surface area contributed by atoms with Crippen molar-refractivity contribution in [1.29, 1.82) is 0 Å². The van der Waals surface area contributed by atoms with Gasteiger partial charge in [0.15, 0.2) is 0 Å². The number of hydrogen-bond acceptors (Lipinski definition) is 2. The van der Waals surface area contributed by atoms with Crippen molar-refractivity contribution in [3.05, 3.63) is 0 Å². The number of hydrogen-bond donors (Lipinski definition) is 2. The lowest BCUT2D eigenvalue weighted by Gasteiger charge is -2.27. The maximum atomic E-state index is 9.38. The highest BCUT2D eigenvalue weighted by Crippen LogP contribution is 2.30. The summed E-state index contributed by atoms with van der Waals surface area (Å²) in [6.45, 7) is 2.46. The Labute approximate surface area is 80.7 Å². The van der Waals surface area contributed by atoms with Crippen molar-refractivity contribution in [3.8, 4) is 0 Å². The minimum atomic E-state index is 0.0120. The minimum absolute atomic E-state index is 0.0120. The summed E-state index contributed by atoms with van der Waals surface area (Å²) in [5.41, 5.74) is 0. The lowest BCUT2D eigenvalue weighted by Crippen LogP contribution is -2.21. The average Bonchev–Trinajstić information content (AvgIpc) is 2.62. The van der Waals surface area contributed by atoms with Crippen LogP contribution in [0.2, 0.25) is 0 Å². The summed E-state index contributed by atoms with van der Waals surface area (Å²) in [7, 11) is 0. The van der Waals surface area contributed by atoms with Crippen molar-refractivity contribution in [2.45, 2.75) is 44.6 Å². The molecule has 1 saturated heterocycles. The molecule has 0 aromatic rings. The second-order valence-corrected chi connectivity index (χ2v) is 4.77. The van der Waals surface area contributed by atoms with E-state index in [1.54, 1.807) is 0 Å². The fourth-order valence-corrected chi connectivity index (χ4v) is 2.77. The molecule has 1 unspecified atom stereocenters. The van der Waals surface area contributed by atoms with Crippen LogP contribution < -0.4 is 5.32 Å². The van der Waals surface area contributed by atoms with Gasteiger partial charge < -0.3 is 10.4 Å². The fourth-order valence-electron chi connectivity index (χ4n) is 2.77. The molecule has 1 atom stereocenters. The Morgan fingerprint density at radius 3 is 2.38 bits per heavy atom. The van der Waals surface area contributed by atoms with Crippen LogP contribution in [-0.2, 0) is 0 Å². The molecule has 1 aliphatic carbocycles. The Morgan fingerprint density at radius 1 is 1.00 bits per heavy atom. The van der Waals surface area contributed by atoms with Crippen LogP contribution in [0.15, 0.2) is 0 Å². The zero-order valence-corrected chi connectivity index (χ0v) is 8.34. The van der Waals surface area contributed by atoms with Crippen LogP contribution in [0.5, 0.6) is 0 Å². The molecule has 76 valence electrons. The van der Waals surface area contributed by atoms with Gasteiger partial charge in [-0.25, -0.2) is 0 Å². The molecular formula is C11H21NO. The minimum Gasteiger partial charge on any atom is -0.393 e. The van der Waals surface area contributed by atoms with E-state index in [4.69, 9.17) is 0 Å². The fraction of sp³-hybridized carbons (Fsp3) is 1.00. The van der Waals surface area contributed by atoms with Gasteiger partial charge in [0.1, 0.15) is 0 Å². The first kappa shape index (κ1) is 9.47. The van der Waals surface area contributed by atoms with E-state index < -0.39 is 0 Å². The van der Waals surface area contributed by atoms with E-state index in [9.17, 15) is 5.11 Å². The van der Waals surface area contributed by atoms with Gasteiger partial charge in [0, 0.05) is 0 Å². The first-order valence-electron chi connectivity index (χ1n) is 5.73. The van der Waals surface area contributed by atoms with Gasteiger partial charge in [-0.15, -0.1) is 0 Å². The second kappa shape index (κ2) is 4.43. The van der Waals surface area contributed by atoms with Crippen molar-refractivity contribution in [2.24, 2.45) is 11.8 Å². The number of rotatable bonds is 2. The Bertz CT molecular complexity index is 146. The molecule has 2 fully saturated rings. The largest absolute Gasteiger partial charge is 0.393 e. The van der Waals surface area contributed by atoms with Gasteiger partial charge in [0.05, 0.1) is 6.10 Å². The van der Waals surface area contributed by atoms with Crippen LogP contribution in [0, 0.1) is 11.8 Å². The van der Waals surface area contributed by atoms with Gasteiger partial charge in [-0.05, 0) is 63.5 Å². The zero-order chi connectivity index (χ0) is 9.10. The molecule has 13 heavy (non-hydrogen) atoms. The van der Waals surface area contributed by atoms with E-state index >= 15 is 0 Å². The van der Waals surface area contributed by atoms with Gasteiger partial charge in [-0.2, -0.15) is 0 Å². The van der Waals surface area contributed by atoms with Crippen LogP contribution in [-0.4, -0.2) is 24.3 Å². The molecule has 1 heterocycles. The molecule has 2 N–H and O–H groups in total. The summed E-state index contributed by atoms with van der Waals surface area (Å²) in [6, 6.07) is 0. The molecule has 0 spiro atoms. The van der Waals surface area contributed by atoms with Crippen molar-refractivity contribution in [3.63, 3.8) is 0 Å². The Morgan fingerprint density at radius 2 is 1.77 bits per heavy atom. The van der Waals surface area contributed by atoms with Gasteiger partial charge >= 0.3 is 0 Å². The molecule has 2 nitrogen and oxygen atoms in total. The van der Waals surface area contributed by atoms with E-state index in [1.165, 1.54) is 38.8 Å². The van der Waals surface area contributed by atoms with Crippen LogP contribution >= 0.6 is 0 Å². The predicted octanol–water partition coefficient (Wildman–Crippen LogP) is 1.54. The summed E-state index contributed by atoms with van der Waals surface area (Å²) in [5, 5.41) is 12.8. The summed E-state index contributed by atoms with van der Waals surface area (Å²) in [4.78, 5) is 0. The molecule has 0 bridgehead atoms. The smallest absolute Gasteiger partial charge is 0.0540 e. The normalized spacial score (nSPS) is 40.8. The molecule has 2 aliphatic rings. The molecule has 2 rings (SSSR count). The lowest BCUT2D eigenvalue weighted by atomic mass is 9.81. The lowest BCUT2D eigenvalue weighted by molar-refractivity contribution is 0.102. The highest BCUT2D eigenvalue weighted by Gasteiger charge is 2.23. The van der Waals surface area contributed by atoms with Crippen LogP contribution in [0.25, 0.3) is 0 Å². The Kier molecular flexibility index (Phi) is 3.23. The van der Waals surface area contributed by atoms with Gasteiger partial charge in [-0.1, -0.05) is 0 Å². The highest BCUT2D eigenvalue weighted by molar-refractivity contribution is 4.78. The number of nitrogens with one attached hydrogen (secondary N) is 1.